The summed E-state index contributed by atoms with van der Waals surface area (Å²) in [6.07, 6.45) is 8.68. The minimum atomic E-state index is -0.00398. The number of carbonyl (C=O) groups is 1. The van der Waals surface area contributed by atoms with Gasteiger partial charge in [-0.05, 0) is 60.6 Å². The average Bonchev–Trinajstić information content (AvgIpc) is 3.66. The zero-order valence-electron chi connectivity index (χ0n) is 18.5. The number of aromatic nitrogens is 2. The number of benzene rings is 1. The first-order valence-corrected chi connectivity index (χ1v) is 11.4. The molecular weight excluding hydrogens is 400 g/mol. The maximum atomic E-state index is 12.8. The molecule has 1 aromatic carbocycles. The molecule has 1 unspecified atom stereocenters. The SMILES string of the molecule is CC(=O)N1c2ccc(C3=CCNCC3)cc2C(Nc2cnc(C#N)cn2)[C@@H](C)[C@@H]1C1CC1. The van der Waals surface area contributed by atoms with Crippen LogP contribution in [0.2, 0.25) is 0 Å². The molecule has 5 rings (SSSR count). The Balaban J connectivity index is 1.59. The zero-order valence-corrected chi connectivity index (χ0v) is 18.5. The summed E-state index contributed by atoms with van der Waals surface area (Å²) in [7, 11) is 0. The van der Waals surface area contributed by atoms with Gasteiger partial charge in [0.2, 0.25) is 5.91 Å². The molecule has 1 saturated carbocycles. The van der Waals surface area contributed by atoms with E-state index in [1.165, 1.54) is 17.3 Å². The molecule has 2 aliphatic heterocycles. The molecule has 0 saturated heterocycles. The van der Waals surface area contributed by atoms with Crippen LogP contribution in [0.4, 0.5) is 11.5 Å². The Morgan fingerprint density at radius 1 is 1.28 bits per heavy atom. The Kier molecular flexibility index (Phi) is 5.40. The van der Waals surface area contributed by atoms with E-state index in [1.807, 2.05) is 11.0 Å². The first kappa shape index (κ1) is 20.7. The van der Waals surface area contributed by atoms with Crippen molar-refractivity contribution in [3.05, 3.63) is 53.5 Å². The lowest BCUT2D eigenvalue weighted by Gasteiger charge is -2.46. The number of hydrogen-bond donors (Lipinski definition) is 2. The smallest absolute Gasteiger partial charge is 0.224 e. The molecule has 3 atom stereocenters. The van der Waals surface area contributed by atoms with E-state index in [0.29, 0.717) is 17.4 Å². The van der Waals surface area contributed by atoms with Crippen molar-refractivity contribution >= 4 is 23.0 Å². The second-order valence-electron chi connectivity index (χ2n) is 9.05. The standard InChI is InChI=1S/C25H28N6O/c1-15-24(30-23-14-28-20(12-26)13-29-23)21-11-19(17-7-9-27-10-8-17)5-6-22(21)31(16(2)32)25(15)18-3-4-18/h5-7,11,13-15,18,24-25,27H,3-4,8-10H2,1-2H3,(H,29,30)/t15-,24?,25-/m1/s1. The van der Waals surface area contributed by atoms with Gasteiger partial charge in [-0.25, -0.2) is 9.97 Å². The van der Waals surface area contributed by atoms with E-state index in [0.717, 1.165) is 43.6 Å². The molecule has 0 radical (unpaired) electrons. The average molecular weight is 429 g/mol. The summed E-state index contributed by atoms with van der Waals surface area (Å²) < 4.78 is 0. The topological polar surface area (TPSA) is 93.9 Å². The zero-order chi connectivity index (χ0) is 22.2. The van der Waals surface area contributed by atoms with Crippen LogP contribution >= 0.6 is 0 Å². The van der Waals surface area contributed by atoms with Crippen LogP contribution in [0.5, 0.6) is 0 Å². The Morgan fingerprint density at radius 2 is 2.12 bits per heavy atom. The fourth-order valence-electron chi connectivity index (χ4n) is 5.27. The number of fused-ring (bicyclic) bond motifs is 1. The van der Waals surface area contributed by atoms with Crippen LogP contribution in [0, 0.1) is 23.2 Å². The number of anilines is 2. The van der Waals surface area contributed by atoms with Gasteiger partial charge in [-0.3, -0.25) is 4.79 Å². The Bertz CT molecular complexity index is 1100. The van der Waals surface area contributed by atoms with Gasteiger partial charge in [0.1, 0.15) is 11.9 Å². The van der Waals surface area contributed by atoms with Gasteiger partial charge in [0, 0.05) is 31.1 Å². The van der Waals surface area contributed by atoms with Crippen molar-refractivity contribution in [3.8, 4) is 6.07 Å². The van der Waals surface area contributed by atoms with E-state index in [2.05, 4.69) is 51.8 Å². The quantitative estimate of drug-likeness (QED) is 0.772. The lowest BCUT2D eigenvalue weighted by atomic mass is 9.79. The summed E-state index contributed by atoms with van der Waals surface area (Å²) in [6, 6.07) is 8.70. The van der Waals surface area contributed by atoms with E-state index in [4.69, 9.17) is 5.26 Å². The Labute approximate surface area is 188 Å². The van der Waals surface area contributed by atoms with Crippen LogP contribution in [0.3, 0.4) is 0 Å². The number of nitriles is 1. The van der Waals surface area contributed by atoms with E-state index in [9.17, 15) is 4.79 Å². The molecule has 0 spiro atoms. The predicted molar refractivity (Wildman–Crippen MR) is 124 cm³/mol. The minimum absolute atomic E-state index is 0.00398. The number of hydrogen-bond acceptors (Lipinski definition) is 6. The Hall–Kier alpha value is -3.24. The molecule has 7 heteroatoms. The van der Waals surface area contributed by atoms with E-state index in [-0.39, 0.29) is 23.9 Å². The summed E-state index contributed by atoms with van der Waals surface area (Å²) in [5.74, 6) is 1.48. The summed E-state index contributed by atoms with van der Waals surface area (Å²) in [4.78, 5) is 23.4. The predicted octanol–water partition coefficient (Wildman–Crippen LogP) is 3.66. The molecule has 32 heavy (non-hydrogen) atoms. The molecule has 1 fully saturated rings. The summed E-state index contributed by atoms with van der Waals surface area (Å²) in [5.41, 5.74) is 4.96. The van der Waals surface area contributed by atoms with Gasteiger partial charge in [0.25, 0.3) is 0 Å². The highest BCUT2D eigenvalue weighted by atomic mass is 16.2. The molecule has 0 bridgehead atoms. The second-order valence-corrected chi connectivity index (χ2v) is 9.05. The third-order valence-corrected chi connectivity index (χ3v) is 6.93. The van der Waals surface area contributed by atoms with E-state index in [1.54, 1.807) is 13.1 Å². The van der Waals surface area contributed by atoms with Gasteiger partial charge in [-0.2, -0.15) is 5.26 Å². The van der Waals surface area contributed by atoms with Gasteiger partial charge < -0.3 is 15.5 Å². The molecule has 1 amide bonds. The van der Waals surface area contributed by atoms with Crippen molar-refractivity contribution in [2.75, 3.05) is 23.3 Å². The van der Waals surface area contributed by atoms with Crippen molar-refractivity contribution in [2.45, 2.75) is 45.2 Å². The van der Waals surface area contributed by atoms with Crippen molar-refractivity contribution < 1.29 is 4.79 Å². The van der Waals surface area contributed by atoms with Gasteiger partial charge in [-0.1, -0.05) is 19.1 Å². The van der Waals surface area contributed by atoms with Crippen molar-refractivity contribution in [1.82, 2.24) is 15.3 Å². The van der Waals surface area contributed by atoms with Gasteiger partial charge in [-0.15, -0.1) is 0 Å². The highest BCUT2D eigenvalue weighted by Gasteiger charge is 2.47. The van der Waals surface area contributed by atoms with Crippen LogP contribution in [0.25, 0.3) is 5.57 Å². The third-order valence-electron chi connectivity index (χ3n) is 6.93. The third kappa shape index (κ3) is 3.76. The number of rotatable bonds is 4. The molecule has 2 N–H and O–H groups in total. The number of amides is 1. The molecule has 1 aromatic heterocycles. The summed E-state index contributed by atoms with van der Waals surface area (Å²) in [6.45, 7) is 5.77. The fraction of sp³-hybridized carbons (Fsp3) is 0.440. The van der Waals surface area contributed by atoms with Crippen molar-refractivity contribution in [2.24, 2.45) is 11.8 Å². The van der Waals surface area contributed by atoms with Crippen LogP contribution in [-0.4, -0.2) is 35.0 Å². The van der Waals surface area contributed by atoms with E-state index < -0.39 is 0 Å². The first-order chi connectivity index (χ1) is 15.6. The van der Waals surface area contributed by atoms with Crippen LogP contribution in [-0.2, 0) is 4.79 Å². The monoisotopic (exact) mass is 428 g/mol. The van der Waals surface area contributed by atoms with Gasteiger partial charge in [0.05, 0.1) is 18.4 Å². The highest BCUT2D eigenvalue weighted by molar-refractivity contribution is 5.94. The van der Waals surface area contributed by atoms with Crippen LogP contribution in [0.1, 0.15) is 56.0 Å². The van der Waals surface area contributed by atoms with Crippen molar-refractivity contribution in [1.29, 1.82) is 5.26 Å². The molecular formula is C25H28N6O. The maximum absolute atomic E-state index is 12.8. The first-order valence-electron chi connectivity index (χ1n) is 11.4. The Morgan fingerprint density at radius 3 is 2.75 bits per heavy atom. The van der Waals surface area contributed by atoms with Crippen LogP contribution < -0.4 is 15.5 Å². The molecule has 2 aromatic rings. The fourth-order valence-corrected chi connectivity index (χ4v) is 5.27. The molecule has 164 valence electrons. The maximum Gasteiger partial charge on any atom is 0.224 e. The number of nitrogens with zero attached hydrogens (tertiary/aromatic N) is 4. The van der Waals surface area contributed by atoms with Crippen LogP contribution in [0.15, 0.2) is 36.7 Å². The largest absolute Gasteiger partial charge is 0.362 e. The lowest BCUT2D eigenvalue weighted by Crippen LogP contribution is -2.51. The normalized spacial score (nSPS) is 24.8. The minimum Gasteiger partial charge on any atom is -0.362 e. The van der Waals surface area contributed by atoms with Crippen molar-refractivity contribution in [3.63, 3.8) is 0 Å². The highest BCUT2D eigenvalue weighted by Crippen LogP contribution is 2.50. The summed E-state index contributed by atoms with van der Waals surface area (Å²) >= 11 is 0. The molecule has 7 nitrogen and oxygen atoms in total. The number of nitrogens with one attached hydrogen (secondary N) is 2. The number of carbonyl (C=O) groups excluding carboxylic acids is 1. The molecule has 3 aliphatic rings. The van der Waals surface area contributed by atoms with Gasteiger partial charge >= 0.3 is 0 Å². The lowest BCUT2D eigenvalue weighted by molar-refractivity contribution is -0.117. The van der Waals surface area contributed by atoms with E-state index >= 15 is 0 Å². The van der Waals surface area contributed by atoms with Gasteiger partial charge in [0.15, 0.2) is 5.69 Å². The summed E-state index contributed by atoms with van der Waals surface area (Å²) in [5, 5.41) is 16.0. The molecule has 1 aliphatic carbocycles. The second kappa shape index (κ2) is 8.36. The molecule has 3 heterocycles.